The van der Waals surface area contributed by atoms with Crippen molar-refractivity contribution in [3.05, 3.63) is 0 Å². The van der Waals surface area contributed by atoms with E-state index in [9.17, 15) is 4.79 Å². The lowest BCUT2D eigenvalue weighted by Crippen LogP contribution is -2.53. The van der Waals surface area contributed by atoms with Gasteiger partial charge in [-0.1, -0.05) is 20.8 Å². The third-order valence-corrected chi connectivity index (χ3v) is 3.14. The fourth-order valence-electron chi connectivity index (χ4n) is 2.13. The second-order valence-electron chi connectivity index (χ2n) is 5.64. The van der Waals surface area contributed by atoms with Gasteiger partial charge in [-0.15, -0.1) is 0 Å². The standard InChI is InChI=1S/C14H30N2O2/c1-6-16-14(5,13(15)17)8-7-9-18-12(4)10-11(2)3/h11-12,16H,6-10H2,1-5H3,(H2,15,17). The van der Waals surface area contributed by atoms with Crippen molar-refractivity contribution in [3.63, 3.8) is 0 Å². The van der Waals surface area contributed by atoms with Gasteiger partial charge in [0, 0.05) is 6.61 Å². The molecule has 0 saturated heterocycles. The number of carbonyl (C=O) groups excluding carboxylic acids is 1. The molecule has 0 aliphatic heterocycles. The largest absolute Gasteiger partial charge is 0.378 e. The molecule has 3 N–H and O–H groups in total. The predicted molar refractivity (Wildman–Crippen MR) is 75.4 cm³/mol. The molecular weight excluding hydrogens is 228 g/mol. The Morgan fingerprint density at radius 1 is 1.39 bits per heavy atom. The highest BCUT2D eigenvalue weighted by Gasteiger charge is 2.29. The van der Waals surface area contributed by atoms with Gasteiger partial charge in [-0.2, -0.15) is 0 Å². The smallest absolute Gasteiger partial charge is 0.237 e. The number of primary amides is 1. The molecule has 0 rings (SSSR count). The molecule has 0 radical (unpaired) electrons. The molecule has 4 heteroatoms. The van der Waals surface area contributed by atoms with Crippen LogP contribution in [0.4, 0.5) is 0 Å². The van der Waals surface area contributed by atoms with E-state index in [0.717, 1.165) is 19.4 Å². The predicted octanol–water partition coefficient (Wildman–Crippen LogP) is 2.07. The maximum absolute atomic E-state index is 11.4. The highest BCUT2D eigenvalue weighted by Crippen LogP contribution is 2.13. The summed E-state index contributed by atoms with van der Waals surface area (Å²) in [6.45, 7) is 11.7. The molecule has 0 aromatic heterocycles. The van der Waals surface area contributed by atoms with E-state index >= 15 is 0 Å². The summed E-state index contributed by atoms with van der Waals surface area (Å²) >= 11 is 0. The van der Waals surface area contributed by atoms with Crippen molar-refractivity contribution in [2.24, 2.45) is 11.7 Å². The Balaban J connectivity index is 3.90. The normalized spacial score (nSPS) is 16.6. The molecule has 0 aliphatic carbocycles. The van der Waals surface area contributed by atoms with Crippen LogP contribution in [0.25, 0.3) is 0 Å². The average molecular weight is 258 g/mol. The number of amides is 1. The first-order valence-electron chi connectivity index (χ1n) is 6.98. The molecule has 0 saturated carbocycles. The number of ether oxygens (including phenoxy) is 1. The van der Waals surface area contributed by atoms with Crippen molar-refractivity contribution in [2.75, 3.05) is 13.2 Å². The van der Waals surface area contributed by atoms with Crippen molar-refractivity contribution in [2.45, 2.75) is 65.5 Å². The van der Waals surface area contributed by atoms with Crippen LogP contribution in [0.2, 0.25) is 0 Å². The van der Waals surface area contributed by atoms with E-state index in [1.807, 2.05) is 13.8 Å². The molecule has 0 spiro atoms. The lowest BCUT2D eigenvalue weighted by Gasteiger charge is -2.27. The Hall–Kier alpha value is -0.610. The molecule has 0 heterocycles. The summed E-state index contributed by atoms with van der Waals surface area (Å²) in [6.07, 6.45) is 2.91. The average Bonchev–Trinajstić information content (AvgIpc) is 2.23. The van der Waals surface area contributed by atoms with E-state index < -0.39 is 5.54 Å². The molecule has 108 valence electrons. The second kappa shape index (κ2) is 8.48. The van der Waals surface area contributed by atoms with Crippen molar-refractivity contribution >= 4 is 5.91 Å². The van der Waals surface area contributed by atoms with E-state index in [1.54, 1.807) is 0 Å². The Labute approximate surface area is 112 Å². The van der Waals surface area contributed by atoms with E-state index in [2.05, 4.69) is 26.1 Å². The Bertz CT molecular complexity index is 244. The maximum Gasteiger partial charge on any atom is 0.237 e. The molecular formula is C14H30N2O2. The number of nitrogens with two attached hydrogens (primary N) is 1. The second-order valence-corrected chi connectivity index (χ2v) is 5.64. The summed E-state index contributed by atoms with van der Waals surface area (Å²) in [5.41, 5.74) is 4.81. The van der Waals surface area contributed by atoms with Crippen LogP contribution in [0.5, 0.6) is 0 Å². The Kier molecular flexibility index (Phi) is 8.20. The highest BCUT2D eigenvalue weighted by molar-refractivity contribution is 5.84. The highest BCUT2D eigenvalue weighted by atomic mass is 16.5. The number of nitrogens with one attached hydrogen (secondary N) is 1. The van der Waals surface area contributed by atoms with Crippen LogP contribution in [-0.2, 0) is 9.53 Å². The van der Waals surface area contributed by atoms with Crippen molar-refractivity contribution in [1.29, 1.82) is 0 Å². The van der Waals surface area contributed by atoms with Crippen LogP contribution in [0.3, 0.4) is 0 Å². The van der Waals surface area contributed by atoms with Gasteiger partial charge in [-0.05, 0) is 45.6 Å². The van der Waals surface area contributed by atoms with Crippen LogP contribution in [-0.4, -0.2) is 30.7 Å². The minimum atomic E-state index is -0.612. The molecule has 0 bridgehead atoms. The van der Waals surface area contributed by atoms with Gasteiger partial charge in [-0.25, -0.2) is 0 Å². The number of rotatable bonds is 10. The van der Waals surface area contributed by atoms with Crippen molar-refractivity contribution in [1.82, 2.24) is 5.32 Å². The molecule has 0 aromatic carbocycles. The van der Waals surface area contributed by atoms with E-state index in [0.29, 0.717) is 18.9 Å². The summed E-state index contributed by atoms with van der Waals surface area (Å²) in [5, 5.41) is 3.15. The minimum Gasteiger partial charge on any atom is -0.378 e. The van der Waals surface area contributed by atoms with E-state index in [-0.39, 0.29) is 12.0 Å². The van der Waals surface area contributed by atoms with Gasteiger partial charge in [-0.3, -0.25) is 4.79 Å². The van der Waals surface area contributed by atoms with Crippen LogP contribution in [0, 0.1) is 5.92 Å². The molecule has 4 nitrogen and oxygen atoms in total. The Morgan fingerprint density at radius 3 is 2.44 bits per heavy atom. The number of hydrogen-bond acceptors (Lipinski definition) is 3. The molecule has 0 fully saturated rings. The lowest BCUT2D eigenvalue weighted by molar-refractivity contribution is -0.124. The van der Waals surface area contributed by atoms with Gasteiger partial charge < -0.3 is 15.8 Å². The first-order chi connectivity index (χ1) is 8.31. The molecule has 0 aromatic rings. The third kappa shape index (κ3) is 6.97. The molecule has 1 amide bonds. The van der Waals surface area contributed by atoms with Crippen LogP contribution in [0.1, 0.15) is 53.9 Å². The summed E-state index contributed by atoms with van der Waals surface area (Å²) in [7, 11) is 0. The van der Waals surface area contributed by atoms with Gasteiger partial charge in [0.1, 0.15) is 0 Å². The first-order valence-corrected chi connectivity index (χ1v) is 6.98. The van der Waals surface area contributed by atoms with Crippen LogP contribution in [0.15, 0.2) is 0 Å². The molecule has 0 aliphatic rings. The zero-order valence-corrected chi connectivity index (χ0v) is 12.6. The summed E-state index contributed by atoms with van der Waals surface area (Å²) < 4.78 is 5.73. The SMILES string of the molecule is CCNC(C)(CCCOC(C)CC(C)C)C(N)=O. The fraction of sp³-hybridized carbons (Fsp3) is 0.929. The molecule has 2 unspecified atom stereocenters. The topological polar surface area (TPSA) is 64.3 Å². The fourth-order valence-corrected chi connectivity index (χ4v) is 2.13. The van der Waals surface area contributed by atoms with Crippen molar-refractivity contribution < 1.29 is 9.53 Å². The number of carbonyl (C=O) groups is 1. The van der Waals surface area contributed by atoms with E-state index in [1.165, 1.54) is 0 Å². The van der Waals surface area contributed by atoms with Gasteiger partial charge in [0.15, 0.2) is 0 Å². The summed E-state index contributed by atoms with van der Waals surface area (Å²) in [6, 6.07) is 0. The van der Waals surface area contributed by atoms with Crippen LogP contribution < -0.4 is 11.1 Å². The molecule has 18 heavy (non-hydrogen) atoms. The quantitative estimate of drug-likeness (QED) is 0.590. The van der Waals surface area contributed by atoms with Crippen molar-refractivity contribution in [3.8, 4) is 0 Å². The van der Waals surface area contributed by atoms with E-state index in [4.69, 9.17) is 10.5 Å². The zero-order chi connectivity index (χ0) is 14.2. The van der Waals surface area contributed by atoms with Crippen LogP contribution >= 0.6 is 0 Å². The third-order valence-electron chi connectivity index (χ3n) is 3.14. The molecule has 2 atom stereocenters. The van der Waals surface area contributed by atoms with Gasteiger partial charge in [0.05, 0.1) is 11.6 Å². The lowest BCUT2D eigenvalue weighted by atomic mass is 9.95. The maximum atomic E-state index is 11.4. The monoisotopic (exact) mass is 258 g/mol. The zero-order valence-electron chi connectivity index (χ0n) is 12.6. The number of hydrogen-bond donors (Lipinski definition) is 2. The summed E-state index contributed by atoms with van der Waals surface area (Å²) in [4.78, 5) is 11.4. The van der Waals surface area contributed by atoms with Gasteiger partial charge in [0.25, 0.3) is 0 Å². The Morgan fingerprint density at radius 2 is 2.00 bits per heavy atom. The van der Waals surface area contributed by atoms with Gasteiger partial charge in [0.2, 0.25) is 5.91 Å². The van der Waals surface area contributed by atoms with Gasteiger partial charge >= 0.3 is 0 Å². The summed E-state index contributed by atoms with van der Waals surface area (Å²) in [5.74, 6) is 0.359. The minimum absolute atomic E-state index is 0.281. The first kappa shape index (κ1) is 17.4. The number of likely N-dealkylation sites (N-methyl/N-ethyl adjacent to an activating group) is 1.